The van der Waals surface area contributed by atoms with Crippen molar-refractivity contribution in [2.75, 3.05) is 13.1 Å². The van der Waals surface area contributed by atoms with Gasteiger partial charge in [-0.2, -0.15) is 13.2 Å². The number of nitrogens with one attached hydrogen (secondary N) is 1. The number of aromatic hydroxyl groups is 1. The smallest absolute Gasteiger partial charge is 0.453 e. The largest absolute Gasteiger partial charge is 0.507 e. The van der Waals surface area contributed by atoms with Crippen molar-refractivity contribution in [3.05, 3.63) is 63.5 Å². The molecule has 3 aromatic rings. The lowest BCUT2D eigenvalue weighted by Gasteiger charge is -2.32. The average molecular weight is 464 g/mol. The number of quaternary nitrogens is 1. The molecule has 1 fully saturated rings. The molecule has 0 spiro atoms. The van der Waals surface area contributed by atoms with Crippen LogP contribution in [0.5, 0.6) is 17.2 Å². The molecule has 1 aromatic heterocycles. The van der Waals surface area contributed by atoms with E-state index in [-0.39, 0.29) is 46.8 Å². The molecule has 33 heavy (non-hydrogen) atoms. The van der Waals surface area contributed by atoms with Crippen LogP contribution in [0.3, 0.4) is 0 Å². The van der Waals surface area contributed by atoms with Crippen molar-refractivity contribution in [3.8, 4) is 17.2 Å². The summed E-state index contributed by atoms with van der Waals surface area (Å²) >= 11 is 0. The van der Waals surface area contributed by atoms with Crippen LogP contribution in [0.1, 0.15) is 30.7 Å². The lowest BCUT2D eigenvalue weighted by Crippen LogP contribution is -3.14. The first-order valence-electron chi connectivity index (χ1n) is 10.7. The van der Waals surface area contributed by atoms with Crippen molar-refractivity contribution in [2.45, 2.75) is 45.7 Å². The van der Waals surface area contributed by atoms with Crippen LogP contribution < -0.4 is 15.1 Å². The molecule has 1 aliphatic rings. The van der Waals surface area contributed by atoms with Gasteiger partial charge in [0.2, 0.25) is 11.2 Å². The first-order valence-corrected chi connectivity index (χ1v) is 10.7. The molecule has 0 unspecified atom stereocenters. The number of phenols is 1. The third-order valence-electron chi connectivity index (χ3n) is 5.61. The second kappa shape index (κ2) is 8.72. The Morgan fingerprint density at radius 1 is 1.15 bits per heavy atom. The summed E-state index contributed by atoms with van der Waals surface area (Å²) in [6.45, 7) is 6.96. The Bertz CT molecular complexity index is 1230. The fourth-order valence-electron chi connectivity index (χ4n) is 4.32. The van der Waals surface area contributed by atoms with E-state index < -0.39 is 23.1 Å². The van der Waals surface area contributed by atoms with Crippen molar-refractivity contribution >= 4 is 11.0 Å². The molecule has 176 valence electrons. The highest BCUT2D eigenvalue weighted by Gasteiger charge is 2.41. The molecule has 0 saturated carbocycles. The van der Waals surface area contributed by atoms with Crippen molar-refractivity contribution in [3.63, 3.8) is 0 Å². The Labute approximate surface area is 188 Å². The Morgan fingerprint density at radius 3 is 2.48 bits per heavy atom. The number of halogens is 3. The lowest BCUT2D eigenvalue weighted by molar-refractivity contribution is -0.928. The molecule has 9 heteroatoms. The molecule has 6 nitrogen and oxygen atoms in total. The molecule has 0 aliphatic carbocycles. The van der Waals surface area contributed by atoms with E-state index in [1.165, 1.54) is 24.3 Å². The number of morpholine rings is 1. The molecule has 2 N–H and O–H groups in total. The van der Waals surface area contributed by atoms with E-state index in [1.807, 2.05) is 13.8 Å². The highest BCUT2D eigenvalue weighted by atomic mass is 19.4. The fourth-order valence-corrected chi connectivity index (χ4v) is 4.32. The van der Waals surface area contributed by atoms with E-state index in [9.17, 15) is 23.1 Å². The number of benzene rings is 2. The van der Waals surface area contributed by atoms with Crippen molar-refractivity contribution in [2.24, 2.45) is 0 Å². The van der Waals surface area contributed by atoms with Crippen molar-refractivity contribution < 1.29 is 37.1 Å². The molecule has 2 heterocycles. The lowest BCUT2D eigenvalue weighted by atomic mass is 10.1. The molecule has 0 bridgehead atoms. The summed E-state index contributed by atoms with van der Waals surface area (Å²) in [4.78, 5) is 14.2. The highest BCUT2D eigenvalue weighted by Crippen LogP contribution is 2.39. The van der Waals surface area contributed by atoms with Gasteiger partial charge in [-0.15, -0.1) is 0 Å². The second-order valence-corrected chi connectivity index (χ2v) is 8.54. The summed E-state index contributed by atoms with van der Waals surface area (Å²) in [6.07, 6.45) is -5.08. The number of hydrogen-bond acceptors (Lipinski definition) is 5. The summed E-state index contributed by atoms with van der Waals surface area (Å²) in [7, 11) is 0. The summed E-state index contributed by atoms with van der Waals surface area (Å²) in [6, 6.07) is 8.91. The van der Waals surface area contributed by atoms with Crippen LogP contribution in [-0.2, 0) is 17.5 Å². The second-order valence-electron chi connectivity index (χ2n) is 8.54. The highest BCUT2D eigenvalue weighted by molar-refractivity contribution is 5.83. The quantitative estimate of drug-likeness (QED) is 0.615. The van der Waals surface area contributed by atoms with Gasteiger partial charge in [0, 0.05) is 0 Å². The maximum absolute atomic E-state index is 13.9. The predicted molar refractivity (Wildman–Crippen MR) is 115 cm³/mol. The zero-order valence-electron chi connectivity index (χ0n) is 18.5. The average Bonchev–Trinajstić information content (AvgIpc) is 2.70. The molecule has 1 saturated heterocycles. The van der Waals surface area contributed by atoms with Crippen LogP contribution in [0.4, 0.5) is 13.2 Å². The van der Waals surface area contributed by atoms with Crippen LogP contribution in [0.25, 0.3) is 11.0 Å². The fraction of sp³-hybridized carbons (Fsp3) is 0.375. The number of hydrogen-bond donors (Lipinski definition) is 2. The van der Waals surface area contributed by atoms with Gasteiger partial charge in [0.05, 0.1) is 10.9 Å². The van der Waals surface area contributed by atoms with Crippen molar-refractivity contribution in [1.82, 2.24) is 0 Å². The van der Waals surface area contributed by atoms with E-state index in [4.69, 9.17) is 13.9 Å². The van der Waals surface area contributed by atoms with E-state index in [0.717, 1.165) is 10.5 Å². The summed E-state index contributed by atoms with van der Waals surface area (Å²) in [5.74, 6) is -2.61. The third kappa shape index (κ3) is 4.84. The molecule has 0 radical (unpaired) electrons. The van der Waals surface area contributed by atoms with Crippen LogP contribution >= 0.6 is 0 Å². The van der Waals surface area contributed by atoms with Gasteiger partial charge < -0.3 is 23.9 Å². The van der Waals surface area contributed by atoms with Gasteiger partial charge in [-0.05, 0) is 50.6 Å². The monoisotopic (exact) mass is 464 g/mol. The molecule has 1 aliphatic heterocycles. The van der Waals surface area contributed by atoms with Crippen LogP contribution in [0.15, 0.2) is 45.6 Å². The molecule has 2 atom stereocenters. The van der Waals surface area contributed by atoms with E-state index in [1.54, 1.807) is 19.1 Å². The number of phenolic OH excluding ortho intramolecular Hbond substituents is 1. The summed E-state index contributed by atoms with van der Waals surface area (Å²) in [5.41, 5.74) is -0.336. The zero-order chi connectivity index (χ0) is 23.9. The Morgan fingerprint density at radius 2 is 1.85 bits per heavy atom. The number of fused-ring (bicyclic) bond motifs is 1. The molecule has 0 amide bonds. The Balaban J connectivity index is 1.85. The minimum atomic E-state index is -4.98. The van der Waals surface area contributed by atoms with Gasteiger partial charge in [0.15, 0.2) is 5.58 Å². The summed E-state index contributed by atoms with van der Waals surface area (Å²) in [5, 5.41) is 10.4. The van der Waals surface area contributed by atoms with E-state index >= 15 is 0 Å². The van der Waals surface area contributed by atoms with Gasteiger partial charge >= 0.3 is 6.18 Å². The number of alkyl halides is 3. The van der Waals surface area contributed by atoms with Gasteiger partial charge in [-0.25, -0.2) is 0 Å². The Hall–Kier alpha value is -3.04. The van der Waals surface area contributed by atoms with E-state index in [0.29, 0.717) is 13.1 Å². The van der Waals surface area contributed by atoms with Gasteiger partial charge in [-0.3, -0.25) is 4.79 Å². The SMILES string of the molecule is Cc1cccc(Oc2c(C(F)(F)F)oc3c(C[NH+]4C[C@@H](C)O[C@H](C)C4)c(O)ccc3c2=O)c1. The standard InChI is InChI=1S/C24H24F3NO5/c1-13-5-4-6-16(9-13)32-22-20(30)17-7-8-19(29)18(21(17)33-23(22)24(25,26)27)12-28-10-14(2)31-15(3)11-28/h4-9,14-15,29H,10-12H2,1-3H3/p+1/t14-,15-/m1/s1. The number of ether oxygens (including phenoxy) is 2. The van der Waals surface area contributed by atoms with Gasteiger partial charge in [-0.1, -0.05) is 12.1 Å². The van der Waals surface area contributed by atoms with E-state index in [2.05, 4.69) is 0 Å². The first kappa shape index (κ1) is 23.1. The normalized spacial score (nSPS) is 21.3. The van der Waals surface area contributed by atoms with Crippen LogP contribution in [0, 0.1) is 6.92 Å². The molecule has 4 rings (SSSR count). The maximum atomic E-state index is 13.9. The Kier molecular flexibility index (Phi) is 6.11. The van der Waals surface area contributed by atoms with Gasteiger partial charge in [0.25, 0.3) is 5.76 Å². The predicted octanol–water partition coefficient (Wildman–Crippen LogP) is 3.81. The minimum Gasteiger partial charge on any atom is -0.507 e. The summed E-state index contributed by atoms with van der Waals surface area (Å²) < 4.78 is 58.2. The minimum absolute atomic E-state index is 0.0482. The molecular weight excluding hydrogens is 439 g/mol. The number of aryl methyl sites for hydroxylation is 1. The zero-order valence-corrected chi connectivity index (χ0v) is 18.5. The number of rotatable bonds is 4. The van der Waals surface area contributed by atoms with Crippen molar-refractivity contribution in [1.29, 1.82) is 0 Å². The maximum Gasteiger partial charge on any atom is 0.453 e. The topological polar surface area (TPSA) is 73.3 Å². The third-order valence-corrected chi connectivity index (χ3v) is 5.61. The first-order chi connectivity index (χ1) is 15.5. The molecular formula is C24H25F3NO5+. The van der Waals surface area contributed by atoms with Gasteiger partial charge in [0.1, 0.15) is 43.3 Å². The van der Waals surface area contributed by atoms with Crippen LogP contribution in [-0.4, -0.2) is 30.4 Å². The molecule has 2 aromatic carbocycles. The van der Waals surface area contributed by atoms with Crippen LogP contribution in [0.2, 0.25) is 0 Å².